The highest BCUT2D eigenvalue weighted by Crippen LogP contribution is 2.44. The molecule has 0 spiro atoms. The Kier molecular flexibility index (Phi) is 5.41. The molecule has 2 aromatic rings. The van der Waals surface area contributed by atoms with Gasteiger partial charge in [0.1, 0.15) is 6.61 Å². The van der Waals surface area contributed by atoms with Crippen LogP contribution in [0.25, 0.3) is 11.1 Å². The first kappa shape index (κ1) is 18.0. The molecule has 1 aliphatic heterocycles. The van der Waals surface area contributed by atoms with E-state index in [4.69, 9.17) is 14.6 Å². The quantitative estimate of drug-likeness (QED) is 0.880. The van der Waals surface area contributed by atoms with Crippen molar-refractivity contribution in [1.82, 2.24) is 4.90 Å². The van der Waals surface area contributed by atoms with Crippen molar-refractivity contribution in [2.75, 3.05) is 32.9 Å². The number of fused-ring (bicyclic) bond motifs is 3. The van der Waals surface area contributed by atoms with E-state index in [0.29, 0.717) is 26.3 Å². The molecule has 2 aliphatic rings. The lowest BCUT2D eigenvalue weighted by molar-refractivity contribution is -0.0148. The molecule has 142 valence electrons. The van der Waals surface area contributed by atoms with E-state index in [1.54, 1.807) is 4.90 Å². The van der Waals surface area contributed by atoms with Gasteiger partial charge in [-0.15, -0.1) is 0 Å². The molecule has 2 aromatic carbocycles. The summed E-state index contributed by atoms with van der Waals surface area (Å²) in [6.07, 6.45) is 1.49. The summed E-state index contributed by atoms with van der Waals surface area (Å²) in [5, 5.41) is 8.91. The third-order valence-corrected chi connectivity index (χ3v) is 5.42. The highest BCUT2D eigenvalue weighted by atomic mass is 16.6. The van der Waals surface area contributed by atoms with Crippen LogP contribution in [-0.4, -0.2) is 55.1 Å². The molecule has 27 heavy (non-hydrogen) atoms. The normalized spacial score (nSPS) is 18.9. The van der Waals surface area contributed by atoms with Crippen LogP contribution in [0.3, 0.4) is 0 Å². The molecule has 0 radical (unpaired) electrons. The van der Waals surface area contributed by atoms with Crippen LogP contribution in [0.1, 0.15) is 29.9 Å². The summed E-state index contributed by atoms with van der Waals surface area (Å²) in [5.41, 5.74) is 4.89. The molecule has 1 N–H and O–H groups in total. The highest BCUT2D eigenvalue weighted by Gasteiger charge is 2.30. The minimum Gasteiger partial charge on any atom is -0.448 e. The smallest absolute Gasteiger partial charge is 0.409 e. The minimum atomic E-state index is -0.283. The van der Waals surface area contributed by atoms with Crippen LogP contribution < -0.4 is 0 Å². The van der Waals surface area contributed by atoms with Crippen molar-refractivity contribution in [2.24, 2.45) is 0 Å². The first-order valence-electron chi connectivity index (χ1n) is 9.60. The third kappa shape index (κ3) is 3.70. The predicted molar refractivity (Wildman–Crippen MR) is 103 cm³/mol. The second-order valence-electron chi connectivity index (χ2n) is 7.11. The van der Waals surface area contributed by atoms with Gasteiger partial charge in [0.15, 0.2) is 0 Å². The lowest BCUT2D eigenvalue weighted by Crippen LogP contribution is -2.44. The fraction of sp³-hybridized carbons (Fsp3) is 0.409. The number of aliphatic hydroxyl groups excluding tert-OH is 1. The Bertz CT molecular complexity index is 761. The van der Waals surface area contributed by atoms with E-state index < -0.39 is 0 Å². The standard InChI is InChI=1S/C22H25NO4/c24-12-13-26-16-6-5-11-23(14-16)22(25)27-15-21-19-9-3-1-7-17(19)18-8-2-4-10-20(18)21/h1-4,7-10,16,21,24H,5-6,11-15H2. The topological polar surface area (TPSA) is 59.0 Å². The summed E-state index contributed by atoms with van der Waals surface area (Å²) in [6, 6.07) is 16.7. The van der Waals surface area contributed by atoms with Crippen LogP contribution in [-0.2, 0) is 9.47 Å². The first-order valence-corrected chi connectivity index (χ1v) is 9.60. The number of carbonyl (C=O) groups excluding carboxylic acids is 1. The molecular formula is C22H25NO4. The molecular weight excluding hydrogens is 342 g/mol. The van der Waals surface area contributed by atoms with Crippen molar-refractivity contribution >= 4 is 6.09 Å². The zero-order chi connectivity index (χ0) is 18.6. The molecule has 0 saturated carbocycles. The molecule has 5 heteroatoms. The van der Waals surface area contributed by atoms with Crippen LogP contribution in [0, 0.1) is 0 Å². The zero-order valence-electron chi connectivity index (χ0n) is 15.3. The Morgan fingerprint density at radius 1 is 1.07 bits per heavy atom. The molecule has 5 nitrogen and oxygen atoms in total. The zero-order valence-corrected chi connectivity index (χ0v) is 15.3. The Hall–Kier alpha value is -2.37. The minimum absolute atomic E-state index is 0.00143. The van der Waals surface area contributed by atoms with Gasteiger partial charge in [0.05, 0.1) is 25.9 Å². The van der Waals surface area contributed by atoms with Gasteiger partial charge < -0.3 is 19.5 Å². The average Bonchev–Trinajstić information content (AvgIpc) is 3.04. The van der Waals surface area contributed by atoms with E-state index in [1.165, 1.54) is 22.3 Å². The average molecular weight is 367 g/mol. The molecule has 1 atom stereocenters. The summed E-state index contributed by atoms with van der Waals surface area (Å²) >= 11 is 0. The van der Waals surface area contributed by atoms with Crippen molar-refractivity contribution in [3.63, 3.8) is 0 Å². The third-order valence-electron chi connectivity index (χ3n) is 5.42. The molecule has 1 aliphatic carbocycles. The lowest BCUT2D eigenvalue weighted by Gasteiger charge is -2.32. The Morgan fingerprint density at radius 3 is 2.41 bits per heavy atom. The summed E-state index contributed by atoms with van der Waals surface area (Å²) in [6.45, 7) is 1.86. The number of hydrogen-bond acceptors (Lipinski definition) is 4. The van der Waals surface area contributed by atoms with Gasteiger partial charge in [0, 0.05) is 12.5 Å². The Balaban J connectivity index is 1.42. The Morgan fingerprint density at radius 2 is 1.74 bits per heavy atom. The van der Waals surface area contributed by atoms with Crippen molar-refractivity contribution in [2.45, 2.75) is 24.9 Å². The van der Waals surface area contributed by atoms with Gasteiger partial charge >= 0.3 is 6.09 Å². The van der Waals surface area contributed by atoms with Gasteiger partial charge in [-0.3, -0.25) is 0 Å². The van der Waals surface area contributed by atoms with Gasteiger partial charge in [-0.05, 0) is 35.1 Å². The number of piperidine rings is 1. The number of rotatable bonds is 5. The fourth-order valence-corrected chi connectivity index (χ4v) is 4.14. The SMILES string of the molecule is O=C(OCC1c2ccccc2-c2ccccc21)N1CCCC(OCCO)C1. The summed E-state index contributed by atoms with van der Waals surface area (Å²) in [7, 11) is 0. The fourth-order valence-electron chi connectivity index (χ4n) is 4.14. The molecule has 1 amide bonds. The number of amides is 1. The number of nitrogens with zero attached hydrogens (tertiary/aromatic N) is 1. The lowest BCUT2D eigenvalue weighted by atomic mass is 9.98. The maximum atomic E-state index is 12.6. The molecule has 1 saturated heterocycles. The van der Waals surface area contributed by atoms with E-state index >= 15 is 0 Å². The van der Waals surface area contributed by atoms with Crippen LogP contribution >= 0.6 is 0 Å². The molecule has 0 bridgehead atoms. The van der Waals surface area contributed by atoms with E-state index in [0.717, 1.165) is 12.8 Å². The Labute approximate surface area is 159 Å². The number of likely N-dealkylation sites (tertiary alicyclic amines) is 1. The van der Waals surface area contributed by atoms with Gasteiger partial charge in [0.25, 0.3) is 0 Å². The largest absolute Gasteiger partial charge is 0.448 e. The summed E-state index contributed by atoms with van der Waals surface area (Å²) < 4.78 is 11.3. The van der Waals surface area contributed by atoms with Crippen LogP contribution in [0.4, 0.5) is 4.79 Å². The van der Waals surface area contributed by atoms with E-state index in [-0.39, 0.29) is 24.7 Å². The van der Waals surface area contributed by atoms with Crippen LogP contribution in [0.2, 0.25) is 0 Å². The van der Waals surface area contributed by atoms with Crippen molar-refractivity contribution < 1.29 is 19.4 Å². The highest BCUT2D eigenvalue weighted by molar-refractivity contribution is 5.79. The van der Waals surface area contributed by atoms with Crippen LogP contribution in [0.15, 0.2) is 48.5 Å². The monoisotopic (exact) mass is 367 g/mol. The number of benzene rings is 2. The van der Waals surface area contributed by atoms with Crippen molar-refractivity contribution in [3.8, 4) is 11.1 Å². The number of aliphatic hydroxyl groups is 1. The van der Waals surface area contributed by atoms with E-state index in [9.17, 15) is 4.79 Å². The molecule has 4 rings (SSSR count). The number of hydrogen-bond donors (Lipinski definition) is 1. The maximum absolute atomic E-state index is 12.6. The summed E-state index contributed by atoms with van der Waals surface area (Å²) in [5.74, 6) is 0.0765. The second kappa shape index (κ2) is 8.11. The predicted octanol–water partition coefficient (Wildman–Crippen LogP) is 3.41. The van der Waals surface area contributed by atoms with Crippen LogP contribution in [0.5, 0.6) is 0 Å². The molecule has 0 aromatic heterocycles. The van der Waals surface area contributed by atoms with E-state index in [1.807, 2.05) is 24.3 Å². The number of ether oxygens (including phenoxy) is 2. The molecule has 1 fully saturated rings. The first-order chi connectivity index (χ1) is 13.3. The van der Waals surface area contributed by atoms with Crippen molar-refractivity contribution in [1.29, 1.82) is 0 Å². The molecule has 1 heterocycles. The van der Waals surface area contributed by atoms with Gasteiger partial charge in [0.2, 0.25) is 0 Å². The van der Waals surface area contributed by atoms with Gasteiger partial charge in [-0.1, -0.05) is 48.5 Å². The van der Waals surface area contributed by atoms with Gasteiger partial charge in [-0.2, -0.15) is 0 Å². The summed E-state index contributed by atoms with van der Waals surface area (Å²) in [4.78, 5) is 14.3. The molecule has 1 unspecified atom stereocenters. The maximum Gasteiger partial charge on any atom is 0.409 e. The number of carbonyl (C=O) groups is 1. The second-order valence-corrected chi connectivity index (χ2v) is 7.11. The van der Waals surface area contributed by atoms with E-state index in [2.05, 4.69) is 24.3 Å². The van der Waals surface area contributed by atoms with Crippen molar-refractivity contribution in [3.05, 3.63) is 59.7 Å². The van der Waals surface area contributed by atoms with Gasteiger partial charge in [-0.25, -0.2) is 4.79 Å².